The highest BCUT2D eigenvalue weighted by molar-refractivity contribution is 6.30. The Bertz CT molecular complexity index is 501. The zero-order chi connectivity index (χ0) is 14.5. The molecule has 108 valence electrons. The standard InChI is InChI=1S/C13H15ClN2O4/c14-9-1-4-15-11(7-9)13(19)16-5-2-10(3-6-16)20-8-12(17)18/h1,4,7,10H,2-3,5-6,8H2,(H,17,18). The van der Waals surface area contributed by atoms with E-state index in [0.717, 1.165) is 0 Å². The summed E-state index contributed by atoms with van der Waals surface area (Å²) in [6, 6.07) is 3.15. The van der Waals surface area contributed by atoms with Crippen LogP contribution in [-0.4, -0.2) is 52.7 Å². The Kier molecular flexibility index (Phi) is 4.92. The highest BCUT2D eigenvalue weighted by Gasteiger charge is 2.25. The van der Waals surface area contributed by atoms with Gasteiger partial charge in [0.2, 0.25) is 0 Å². The van der Waals surface area contributed by atoms with Crippen molar-refractivity contribution in [2.75, 3.05) is 19.7 Å². The molecule has 0 saturated carbocycles. The van der Waals surface area contributed by atoms with Crippen molar-refractivity contribution in [3.8, 4) is 0 Å². The van der Waals surface area contributed by atoms with E-state index in [9.17, 15) is 9.59 Å². The minimum absolute atomic E-state index is 0.109. The van der Waals surface area contributed by atoms with Crippen molar-refractivity contribution in [3.63, 3.8) is 0 Å². The third kappa shape index (κ3) is 3.91. The maximum atomic E-state index is 12.2. The Labute approximate surface area is 121 Å². The highest BCUT2D eigenvalue weighted by Crippen LogP contribution is 2.17. The molecule has 0 spiro atoms. The summed E-state index contributed by atoms with van der Waals surface area (Å²) in [7, 11) is 0. The molecule has 1 N–H and O–H groups in total. The zero-order valence-corrected chi connectivity index (χ0v) is 11.5. The van der Waals surface area contributed by atoms with Gasteiger partial charge in [-0.3, -0.25) is 9.78 Å². The molecule has 1 aromatic heterocycles. The van der Waals surface area contributed by atoms with Crippen LogP contribution in [0.3, 0.4) is 0 Å². The number of rotatable bonds is 4. The molecule has 1 amide bonds. The number of likely N-dealkylation sites (tertiary alicyclic amines) is 1. The van der Waals surface area contributed by atoms with Gasteiger partial charge in [0.25, 0.3) is 5.91 Å². The van der Waals surface area contributed by atoms with E-state index in [1.165, 1.54) is 12.3 Å². The van der Waals surface area contributed by atoms with Crippen LogP contribution in [0.5, 0.6) is 0 Å². The number of carboxylic acid groups (broad SMARTS) is 1. The van der Waals surface area contributed by atoms with Crippen molar-refractivity contribution in [2.45, 2.75) is 18.9 Å². The van der Waals surface area contributed by atoms with Gasteiger partial charge >= 0.3 is 5.97 Å². The number of pyridine rings is 1. The van der Waals surface area contributed by atoms with Gasteiger partial charge in [-0.1, -0.05) is 11.6 Å². The van der Waals surface area contributed by atoms with Gasteiger partial charge < -0.3 is 14.7 Å². The number of carbonyl (C=O) groups excluding carboxylic acids is 1. The fraction of sp³-hybridized carbons (Fsp3) is 0.462. The normalized spacial score (nSPS) is 16.1. The van der Waals surface area contributed by atoms with E-state index in [2.05, 4.69) is 4.98 Å². The van der Waals surface area contributed by atoms with Crippen molar-refractivity contribution in [1.82, 2.24) is 9.88 Å². The number of hydrogen-bond donors (Lipinski definition) is 1. The molecule has 0 atom stereocenters. The molecule has 0 unspecified atom stereocenters. The van der Waals surface area contributed by atoms with Crippen LogP contribution in [0.25, 0.3) is 0 Å². The lowest BCUT2D eigenvalue weighted by atomic mass is 10.1. The first-order chi connectivity index (χ1) is 9.56. The van der Waals surface area contributed by atoms with Crippen LogP contribution in [-0.2, 0) is 9.53 Å². The molecule has 7 heteroatoms. The SMILES string of the molecule is O=C(O)COC1CCN(C(=O)c2cc(Cl)ccn2)CC1. The fourth-order valence-corrected chi connectivity index (χ4v) is 2.26. The second kappa shape index (κ2) is 6.67. The maximum absolute atomic E-state index is 12.2. The van der Waals surface area contributed by atoms with Crippen molar-refractivity contribution in [3.05, 3.63) is 29.0 Å². The number of carbonyl (C=O) groups is 2. The van der Waals surface area contributed by atoms with E-state index in [4.69, 9.17) is 21.4 Å². The topological polar surface area (TPSA) is 79.7 Å². The van der Waals surface area contributed by atoms with Gasteiger partial charge in [-0.2, -0.15) is 0 Å². The lowest BCUT2D eigenvalue weighted by molar-refractivity contribution is -0.145. The van der Waals surface area contributed by atoms with E-state index in [1.54, 1.807) is 11.0 Å². The van der Waals surface area contributed by atoms with Gasteiger partial charge in [0.15, 0.2) is 0 Å². The van der Waals surface area contributed by atoms with Crippen LogP contribution in [0.4, 0.5) is 0 Å². The largest absolute Gasteiger partial charge is 0.480 e. The van der Waals surface area contributed by atoms with Gasteiger partial charge in [-0.25, -0.2) is 4.79 Å². The maximum Gasteiger partial charge on any atom is 0.329 e. The molecule has 0 aliphatic carbocycles. The molecule has 1 saturated heterocycles. The summed E-state index contributed by atoms with van der Waals surface area (Å²) in [6.07, 6.45) is 2.64. The first kappa shape index (κ1) is 14.7. The van der Waals surface area contributed by atoms with Gasteiger partial charge in [0.1, 0.15) is 12.3 Å². The first-order valence-electron chi connectivity index (χ1n) is 6.30. The third-order valence-corrected chi connectivity index (χ3v) is 3.35. The predicted octanol–water partition coefficient (Wildman–Crippen LogP) is 1.44. The highest BCUT2D eigenvalue weighted by atomic mass is 35.5. The first-order valence-corrected chi connectivity index (χ1v) is 6.68. The summed E-state index contributed by atoms with van der Waals surface area (Å²) in [4.78, 5) is 28.3. The molecule has 1 aliphatic heterocycles. The third-order valence-electron chi connectivity index (χ3n) is 3.11. The second-order valence-electron chi connectivity index (χ2n) is 4.56. The Balaban J connectivity index is 1.87. The van der Waals surface area contributed by atoms with Gasteiger partial charge in [-0.15, -0.1) is 0 Å². The van der Waals surface area contributed by atoms with Crippen LogP contribution in [0.1, 0.15) is 23.3 Å². The van der Waals surface area contributed by atoms with Crippen molar-refractivity contribution < 1.29 is 19.4 Å². The molecule has 6 nitrogen and oxygen atoms in total. The number of nitrogens with zero attached hydrogens (tertiary/aromatic N) is 2. The zero-order valence-electron chi connectivity index (χ0n) is 10.8. The Morgan fingerprint density at radius 3 is 2.75 bits per heavy atom. The molecule has 20 heavy (non-hydrogen) atoms. The van der Waals surface area contributed by atoms with E-state index >= 15 is 0 Å². The smallest absolute Gasteiger partial charge is 0.329 e. The molecule has 2 heterocycles. The van der Waals surface area contributed by atoms with Crippen LogP contribution in [0.2, 0.25) is 5.02 Å². The van der Waals surface area contributed by atoms with Crippen molar-refractivity contribution >= 4 is 23.5 Å². The van der Waals surface area contributed by atoms with Crippen molar-refractivity contribution in [2.24, 2.45) is 0 Å². The Hall–Kier alpha value is -1.66. The van der Waals surface area contributed by atoms with Gasteiger partial charge in [0.05, 0.1) is 6.10 Å². The minimum atomic E-state index is -0.980. The van der Waals surface area contributed by atoms with Gasteiger partial charge in [-0.05, 0) is 25.0 Å². The van der Waals surface area contributed by atoms with Gasteiger partial charge in [0, 0.05) is 24.3 Å². The van der Waals surface area contributed by atoms with E-state index < -0.39 is 5.97 Å². The Morgan fingerprint density at radius 1 is 1.45 bits per heavy atom. The number of aromatic nitrogens is 1. The van der Waals surface area contributed by atoms with E-state index in [0.29, 0.717) is 36.6 Å². The minimum Gasteiger partial charge on any atom is -0.480 e. The molecular formula is C13H15ClN2O4. The number of halogens is 1. The number of carboxylic acids is 1. The molecule has 1 aromatic rings. The lowest BCUT2D eigenvalue weighted by Gasteiger charge is -2.31. The second-order valence-corrected chi connectivity index (χ2v) is 4.99. The van der Waals surface area contributed by atoms with E-state index in [-0.39, 0.29) is 18.6 Å². The molecule has 2 rings (SSSR count). The predicted molar refractivity (Wildman–Crippen MR) is 71.8 cm³/mol. The number of ether oxygens (including phenoxy) is 1. The van der Waals surface area contributed by atoms with Crippen LogP contribution < -0.4 is 0 Å². The average molecular weight is 299 g/mol. The van der Waals surface area contributed by atoms with Crippen LogP contribution >= 0.6 is 11.6 Å². The fourth-order valence-electron chi connectivity index (χ4n) is 2.10. The summed E-state index contributed by atoms with van der Waals surface area (Å²) in [5, 5.41) is 9.02. The molecule has 0 radical (unpaired) electrons. The number of piperidine rings is 1. The summed E-state index contributed by atoms with van der Waals surface area (Å²) in [5.74, 6) is -1.14. The lowest BCUT2D eigenvalue weighted by Crippen LogP contribution is -2.41. The molecule has 0 aromatic carbocycles. The Morgan fingerprint density at radius 2 is 2.15 bits per heavy atom. The molecular weight excluding hydrogens is 284 g/mol. The molecule has 1 fully saturated rings. The monoisotopic (exact) mass is 298 g/mol. The summed E-state index contributed by atoms with van der Waals surface area (Å²) < 4.78 is 5.22. The number of hydrogen-bond acceptors (Lipinski definition) is 4. The van der Waals surface area contributed by atoms with Crippen LogP contribution in [0.15, 0.2) is 18.3 Å². The quantitative estimate of drug-likeness (QED) is 0.910. The van der Waals surface area contributed by atoms with Crippen molar-refractivity contribution in [1.29, 1.82) is 0 Å². The van der Waals surface area contributed by atoms with E-state index in [1.807, 2.05) is 0 Å². The average Bonchev–Trinajstić information content (AvgIpc) is 2.45. The summed E-state index contributed by atoms with van der Waals surface area (Å²) in [6.45, 7) is 0.753. The summed E-state index contributed by atoms with van der Waals surface area (Å²) >= 11 is 5.84. The number of amides is 1. The molecule has 1 aliphatic rings. The summed E-state index contributed by atoms with van der Waals surface area (Å²) in [5.41, 5.74) is 0.322. The van der Waals surface area contributed by atoms with Crippen LogP contribution in [0, 0.1) is 0 Å². The molecule has 0 bridgehead atoms. The number of aliphatic carboxylic acids is 1.